The molecule has 8 nitrogen and oxygen atoms in total. The molecule has 5 rings (SSSR count). The zero-order chi connectivity index (χ0) is 23.8. The molecule has 0 saturated carbocycles. The third kappa shape index (κ3) is 4.20. The van der Waals surface area contributed by atoms with Crippen LogP contribution >= 0.6 is 23.2 Å². The predicted octanol–water partition coefficient (Wildman–Crippen LogP) is 4.55. The second-order valence-electron chi connectivity index (χ2n) is 8.86. The zero-order valence-electron chi connectivity index (χ0n) is 18.5. The van der Waals surface area contributed by atoms with Crippen molar-refractivity contribution >= 4 is 51.8 Å². The number of anilines is 1. The molecular weight excluding hydrogens is 477 g/mol. The monoisotopic (exact) mass is 501 g/mol. The number of likely N-dealkylation sites (tertiary alicyclic amines) is 1. The first-order chi connectivity index (χ1) is 16.4. The minimum atomic E-state index is -0.927. The Morgan fingerprint density at radius 3 is 2.74 bits per heavy atom. The maximum absolute atomic E-state index is 13.2. The van der Waals surface area contributed by atoms with Gasteiger partial charge in [-0.1, -0.05) is 23.2 Å². The highest BCUT2D eigenvalue weighted by molar-refractivity contribution is 6.45. The average molecular weight is 502 g/mol. The Bertz CT molecular complexity index is 1230. The summed E-state index contributed by atoms with van der Waals surface area (Å²) in [6.45, 7) is 1.25. The Balaban J connectivity index is 1.48. The number of piperidine rings is 1. The molecule has 1 aromatic carbocycles. The number of benzene rings is 1. The van der Waals surface area contributed by atoms with Crippen molar-refractivity contribution in [1.29, 1.82) is 0 Å². The van der Waals surface area contributed by atoms with Gasteiger partial charge in [0.15, 0.2) is 0 Å². The number of aromatic nitrogens is 3. The Kier molecular flexibility index (Phi) is 6.36. The number of halogens is 2. The molecule has 0 aliphatic carbocycles. The van der Waals surface area contributed by atoms with E-state index in [1.165, 1.54) is 0 Å². The summed E-state index contributed by atoms with van der Waals surface area (Å²) in [5, 5.41) is 11.2. The van der Waals surface area contributed by atoms with Crippen molar-refractivity contribution in [3.05, 3.63) is 47.0 Å². The number of carbonyl (C=O) groups excluding carboxylic acids is 1. The second-order valence-corrected chi connectivity index (χ2v) is 9.64. The number of rotatable bonds is 5. The van der Waals surface area contributed by atoms with Gasteiger partial charge in [-0.15, -0.1) is 0 Å². The van der Waals surface area contributed by atoms with Crippen molar-refractivity contribution < 1.29 is 14.7 Å². The third-order valence-corrected chi connectivity index (χ3v) is 7.60. The predicted molar refractivity (Wildman–Crippen MR) is 131 cm³/mol. The van der Waals surface area contributed by atoms with Gasteiger partial charge in [0.05, 0.1) is 27.6 Å². The summed E-state index contributed by atoms with van der Waals surface area (Å²) in [7, 11) is 0. The van der Waals surface area contributed by atoms with E-state index in [4.69, 9.17) is 28.2 Å². The summed E-state index contributed by atoms with van der Waals surface area (Å²) in [6.07, 6.45) is 9.47. The molecule has 1 amide bonds. The van der Waals surface area contributed by atoms with Crippen LogP contribution < -0.4 is 4.90 Å². The first kappa shape index (κ1) is 22.9. The minimum Gasteiger partial charge on any atom is -0.480 e. The van der Waals surface area contributed by atoms with Gasteiger partial charge >= 0.3 is 5.97 Å². The number of hydrogen-bond acceptors (Lipinski definition) is 5. The van der Waals surface area contributed by atoms with E-state index in [-0.39, 0.29) is 18.4 Å². The zero-order valence-corrected chi connectivity index (χ0v) is 20.0. The van der Waals surface area contributed by atoms with Gasteiger partial charge in [-0.05, 0) is 44.2 Å². The molecule has 1 unspecified atom stereocenters. The van der Waals surface area contributed by atoms with E-state index in [1.54, 1.807) is 23.5 Å². The van der Waals surface area contributed by atoms with Gasteiger partial charge in [0.2, 0.25) is 5.91 Å². The summed E-state index contributed by atoms with van der Waals surface area (Å²) >= 11 is 12.8. The maximum Gasteiger partial charge on any atom is 0.326 e. The quantitative estimate of drug-likeness (QED) is 0.551. The molecule has 0 spiro atoms. The van der Waals surface area contributed by atoms with Gasteiger partial charge in [-0.25, -0.2) is 14.8 Å². The highest BCUT2D eigenvalue weighted by atomic mass is 35.5. The lowest BCUT2D eigenvalue weighted by Gasteiger charge is -2.35. The molecule has 2 aliphatic heterocycles. The molecule has 178 valence electrons. The molecule has 3 aromatic rings. The lowest BCUT2D eigenvalue weighted by atomic mass is 10.0. The number of hydrogen-bond donors (Lipinski definition) is 1. The van der Waals surface area contributed by atoms with Crippen molar-refractivity contribution in [3.8, 4) is 5.69 Å². The molecule has 2 fully saturated rings. The molecule has 4 heterocycles. The second kappa shape index (κ2) is 9.43. The number of aliphatic carboxylic acids is 1. The Hall–Kier alpha value is -2.84. The lowest BCUT2D eigenvalue weighted by Crippen LogP contribution is -2.49. The van der Waals surface area contributed by atoms with Gasteiger partial charge < -0.3 is 19.5 Å². The van der Waals surface area contributed by atoms with Crippen LogP contribution in [0.15, 0.2) is 36.9 Å². The Labute approximate surface area is 207 Å². The Morgan fingerprint density at radius 1 is 1.12 bits per heavy atom. The number of imidazole rings is 1. The number of carboxylic acid groups (broad SMARTS) is 1. The molecule has 34 heavy (non-hydrogen) atoms. The summed E-state index contributed by atoms with van der Waals surface area (Å²) in [4.78, 5) is 37.6. The molecule has 0 bridgehead atoms. The lowest BCUT2D eigenvalue weighted by molar-refractivity contribution is -0.152. The van der Waals surface area contributed by atoms with E-state index in [1.807, 2.05) is 22.9 Å². The first-order valence-electron chi connectivity index (χ1n) is 11.5. The topological polar surface area (TPSA) is 91.6 Å². The van der Waals surface area contributed by atoms with Gasteiger partial charge in [0.1, 0.15) is 11.9 Å². The fourth-order valence-corrected chi connectivity index (χ4v) is 5.48. The molecule has 2 saturated heterocycles. The molecule has 0 radical (unpaired) electrons. The van der Waals surface area contributed by atoms with Crippen LogP contribution in [0.1, 0.15) is 38.5 Å². The van der Waals surface area contributed by atoms with E-state index >= 15 is 0 Å². The number of nitrogens with zero attached hydrogens (tertiary/aromatic N) is 5. The van der Waals surface area contributed by atoms with Crippen molar-refractivity contribution in [1.82, 2.24) is 19.4 Å². The third-order valence-electron chi connectivity index (χ3n) is 6.81. The smallest absolute Gasteiger partial charge is 0.326 e. The average Bonchev–Trinajstić information content (AvgIpc) is 3.53. The molecule has 2 aromatic heterocycles. The van der Waals surface area contributed by atoms with E-state index in [0.29, 0.717) is 34.3 Å². The highest BCUT2D eigenvalue weighted by Crippen LogP contribution is 2.37. The SMILES string of the molecule is O=C(O)C1CCCCN1C(=O)C[C@@H]1CCCN1c1cc(-n2ccnc2)c2ccc(Cl)c(Cl)c2n1. The standard InChI is InChI=1S/C24H25Cl2N5O3/c25-17-7-6-16-19(29-11-8-27-14-29)13-20(28-23(16)22(17)26)30-10-3-4-15(30)12-21(32)31-9-2-1-5-18(31)24(33)34/h6-8,11,13-15,18H,1-5,9-10,12H2,(H,33,34)/t15-,18?/m0/s1. The van der Waals surface area contributed by atoms with Crippen molar-refractivity contribution in [2.75, 3.05) is 18.0 Å². The maximum atomic E-state index is 13.2. The van der Waals surface area contributed by atoms with Crippen LogP contribution in [0.4, 0.5) is 5.82 Å². The van der Waals surface area contributed by atoms with E-state index < -0.39 is 12.0 Å². The van der Waals surface area contributed by atoms with Crippen LogP contribution in [0, 0.1) is 0 Å². The molecule has 2 atom stereocenters. The number of amides is 1. The number of pyridine rings is 1. The largest absolute Gasteiger partial charge is 0.480 e. The number of fused-ring (bicyclic) bond motifs is 1. The molecule has 10 heteroatoms. The molecule has 2 aliphatic rings. The summed E-state index contributed by atoms with van der Waals surface area (Å²) in [5.41, 5.74) is 1.46. The minimum absolute atomic E-state index is 0.0672. The van der Waals surface area contributed by atoms with Crippen LogP contribution in [0.25, 0.3) is 16.6 Å². The number of carboxylic acids is 1. The summed E-state index contributed by atoms with van der Waals surface area (Å²) in [5.74, 6) is -0.325. The summed E-state index contributed by atoms with van der Waals surface area (Å²) in [6, 6.07) is 4.83. The van der Waals surface area contributed by atoms with Crippen molar-refractivity contribution in [2.45, 2.75) is 50.6 Å². The normalized spacial score (nSPS) is 20.8. The van der Waals surface area contributed by atoms with Crippen LogP contribution in [0.5, 0.6) is 0 Å². The van der Waals surface area contributed by atoms with E-state index in [2.05, 4.69) is 9.88 Å². The number of carbonyl (C=O) groups is 2. The first-order valence-corrected chi connectivity index (χ1v) is 12.3. The van der Waals surface area contributed by atoms with E-state index in [0.717, 1.165) is 43.3 Å². The molecular formula is C24H25Cl2N5O3. The van der Waals surface area contributed by atoms with Crippen LogP contribution in [0.2, 0.25) is 10.0 Å². The van der Waals surface area contributed by atoms with Gasteiger partial charge in [-0.2, -0.15) is 0 Å². The molecule has 1 N–H and O–H groups in total. The van der Waals surface area contributed by atoms with Crippen molar-refractivity contribution in [2.24, 2.45) is 0 Å². The van der Waals surface area contributed by atoms with Crippen LogP contribution in [-0.4, -0.2) is 61.6 Å². The Morgan fingerprint density at radius 2 is 1.97 bits per heavy atom. The summed E-state index contributed by atoms with van der Waals surface area (Å²) < 4.78 is 1.90. The van der Waals surface area contributed by atoms with Crippen LogP contribution in [0.3, 0.4) is 0 Å². The fraction of sp³-hybridized carbons (Fsp3) is 0.417. The fourth-order valence-electron chi connectivity index (χ4n) is 5.12. The van der Waals surface area contributed by atoms with Gasteiger partial charge in [-0.3, -0.25) is 4.79 Å². The highest BCUT2D eigenvalue weighted by Gasteiger charge is 2.35. The van der Waals surface area contributed by atoms with Gasteiger partial charge in [0, 0.05) is 49.4 Å². The van der Waals surface area contributed by atoms with Crippen molar-refractivity contribution in [3.63, 3.8) is 0 Å². The van der Waals surface area contributed by atoms with Gasteiger partial charge in [0.25, 0.3) is 0 Å². The van der Waals surface area contributed by atoms with Crippen LogP contribution in [-0.2, 0) is 9.59 Å². The van der Waals surface area contributed by atoms with E-state index in [9.17, 15) is 14.7 Å².